The standard InChI is InChI=1S/C19H18ClFN2O2S2/c20-17-13-4-3-12(21)10-16(13)27-18(17)19(24)22-11-14(15-2-1-9-26-15)23-5-7-25-8-6-23/h1-4,9-10,14H,5-8,11H2,(H,22,24)/p+1/t14-/m1/s1. The minimum absolute atomic E-state index is 0.184. The summed E-state index contributed by atoms with van der Waals surface area (Å²) in [5.41, 5.74) is 0. The van der Waals surface area contributed by atoms with E-state index >= 15 is 0 Å². The molecule has 0 unspecified atom stereocenters. The number of carbonyl (C=O) groups is 1. The topological polar surface area (TPSA) is 42.8 Å². The van der Waals surface area contributed by atoms with Gasteiger partial charge in [0, 0.05) is 10.1 Å². The average molecular weight is 426 g/mol. The zero-order chi connectivity index (χ0) is 18.8. The predicted molar refractivity (Wildman–Crippen MR) is 108 cm³/mol. The summed E-state index contributed by atoms with van der Waals surface area (Å²) in [6.45, 7) is 3.83. The third kappa shape index (κ3) is 4.02. The molecule has 2 aromatic heterocycles. The van der Waals surface area contributed by atoms with E-state index in [0.717, 1.165) is 26.3 Å². The first-order chi connectivity index (χ1) is 13.1. The molecule has 4 nitrogen and oxygen atoms in total. The molecule has 1 saturated heterocycles. The summed E-state index contributed by atoms with van der Waals surface area (Å²) in [5.74, 6) is -0.545. The summed E-state index contributed by atoms with van der Waals surface area (Å²) in [6, 6.07) is 8.72. The number of hydrogen-bond acceptors (Lipinski definition) is 4. The molecule has 1 fully saturated rings. The zero-order valence-corrected chi connectivity index (χ0v) is 16.9. The van der Waals surface area contributed by atoms with E-state index in [1.807, 2.05) is 6.07 Å². The van der Waals surface area contributed by atoms with Gasteiger partial charge in [-0.2, -0.15) is 0 Å². The lowest BCUT2D eigenvalue weighted by molar-refractivity contribution is -0.937. The van der Waals surface area contributed by atoms with Gasteiger partial charge in [0.05, 0.1) is 29.7 Å². The molecular weight excluding hydrogens is 407 g/mol. The van der Waals surface area contributed by atoms with Crippen LogP contribution in [0.2, 0.25) is 5.02 Å². The Labute approximate surface area is 169 Å². The van der Waals surface area contributed by atoms with Gasteiger partial charge >= 0.3 is 0 Å². The van der Waals surface area contributed by atoms with Gasteiger partial charge in [-0.3, -0.25) is 4.79 Å². The van der Waals surface area contributed by atoms with Crippen LogP contribution in [0.3, 0.4) is 0 Å². The Balaban J connectivity index is 1.52. The van der Waals surface area contributed by atoms with Gasteiger partial charge in [-0.25, -0.2) is 4.39 Å². The Morgan fingerprint density at radius 1 is 1.33 bits per heavy atom. The van der Waals surface area contributed by atoms with Crippen molar-refractivity contribution in [2.45, 2.75) is 6.04 Å². The molecule has 8 heteroatoms. The first-order valence-corrected chi connectivity index (χ1v) is 10.8. The summed E-state index contributed by atoms with van der Waals surface area (Å²) < 4.78 is 19.6. The van der Waals surface area contributed by atoms with Crippen LogP contribution in [0.5, 0.6) is 0 Å². The van der Waals surface area contributed by atoms with Crippen molar-refractivity contribution in [1.29, 1.82) is 0 Å². The van der Waals surface area contributed by atoms with E-state index in [-0.39, 0.29) is 17.8 Å². The second-order valence-electron chi connectivity index (χ2n) is 6.43. The summed E-state index contributed by atoms with van der Waals surface area (Å²) in [6.07, 6.45) is 0. The molecule has 0 spiro atoms. The number of halogens is 2. The fraction of sp³-hybridized carbons (Fsp3) is 0.316. The van der Waals surface area contributed by atoms with E-state index in [0.29, 0.717) is 26.5 Å². The maximum absolute atomic E-state index is 13.4. The van der Waals surface area contributed by atoms with Crippen molar-refractivity contribution < 1.29 is 18.8 Å². The van der Waals surface area contributed by atoms with Crippen LogP contribution >= 0.6 is 34.3 Å². The van der Waals surface area contributed by atoms with E-state index in [2.05, 4.69) is 16.8 Å². The van der Waals surface area contributed by atoms with Crippen molar-refractivity contribution in [3.8, 4) is 0 Å². The summed E-state index contributed by atoms with van der Waals surface area (Å²) in [4.78, 5) is 15.9. The predicted octanol–water partition coefficient (Wildman–Crippen LogP) is 3.14. The Hall–Kier alpha value is -1.51. The Kier molecular flexibility index (Phi) is 5.75. The normalized spacial score (nSPS) is 16.5. The molecular formula is C19H19ClFN2O2S2+. The second-order valence-corrected chi connectivity index (χ2v) is 8.84. The summed E-state index contributed by atoms with van der Waals surface area (Å²) >= 11 is 9.30. The molecule has 1 aromatic carbocycles. The minimum atomic E-state index is -0.332. The number of morpholine rings is 1. The highest BCUT2D eigenvalue weighted by Gasteiger charge is 2.28. The summed E-state index contributed by atoms with van der Waals surface area (Å²) in [7, 11) is 0. The van der Waals surface area contributed by atoms with Crippen molar-refractivity contribution in [2.24, 2.45) is 0 Å². The molecule has 3 heterocycles. The maximum Gasteiger partial charge on any atom is 0.263 e. The van der Waals surface area contributed by atoms with Gasteiger partial charge in [-0.1, -0.05) is 17.7 Å². The highest BCUT2D eigenvalue weighted by molar-refractivity contribution is 7.21. The molecule has 1 atom stereocenters. The number of fused-ring (bicyclic) bond motifs is 1. The van der Waals surface area contributed by atoms with E-state index < -0.39 is 0 Å². The monoisotopic (exact) mass is 425 g/mol. The third-order valence-corrected chi connectivity index (χ3v) is 7.42. The van der Waals surface area contributed by atoms with Crippen LogP contribution in [0.4, 0.5) is 4.39 Å². The van der Waals surface area contributed by atoms with E-state index in [4.69, 9.17) is 16.3 Å². The van der Waals surface area contributed by atoms with Gasteiger partial charge in [-0.15, -0.1) is 22.7 Å². The van der Waals surface area contributed by atoms with Gasteiger partial charge in [0.2, 0.25) is 0 Å². The number of quaternary nitrogens is 1. The number of amides is 1. The molecule has 27 heavy (non-hydrogen) atoms. The van der Waals surface area contributed by atoms with Gasteiger partial charge in [0.25, 0.3) is 5.91 Å². The average Bonchev–Trinajstić information content (AvgIpc) is 3.31. The van der Waals surface area contributed by atoms with Crippen molar-refractivity contribution in [3.05, 3.63) is 56.3 Å². The molecule has 4 rings (SSSR count). The van der Waals surface area contributed by atoms with Gasteiger partial charge in [0.1, 0.15) is 29.8 Å². The smallest absolute Gasteiger partial charge is 0.263 e. The number of thiophene rings is 2. The minimum Gasteiger partial charge on any atom is -0.370 e. The van der Waals surface area contributed by atoms with Crippen molar-refractivity contribution in [3.63, 3.8) is 0 Å². The van der Waals surface area contributed by atoms with Crippen molar-refractivity contribution in [1.82, 2.24) is 5.32 Å². The van der Waals surface area contributed by atoms with E-state index in [1.54, 1.807) is 17.4 Å². The fourth-order valence-electron chi connectivity index (χ4n) is 3.38. The molecule has 1 amide bonds. The number of hydrogen-bond donors (Lipinski definition) is 2. The maximum atomic E-state index is 13.4. The van der Waals surface area contributed by atoms with Gasteiger partial charge in [-0.05, 0) is 29.6 Å². The Morgan fingerprint density at radius 3 is 2.89 bits per heavy atom. The number of rotatable bonds is 5. The first kappa shape index (κ1) is 18.8. The molecule has 3 aromatic rings. The van der Waals surface area contributed by atoms with Crippen LogP contribution in [0.1, 0.15) is 20.6 Å². The van der Waals surface area contributed by atoms with Crippen LogP contribution < -0.4 is 10.2 Å². The molecule has 0 saturated carbocycles. The highest BCUT2D eigenvalue weighted by atomic mass is 35.5. The zero-order valence-electron chi connectivity index (χ0n) is 14.5. The third-order valence-electron chi connectivity index (χ3n) is 4.78. The molecule has 0 aliphatic carbocycles. The van der Waals surface area contributed by atoms with Crippen molar-refractivity contribution >= 4 is 50.3 Å². The number of nitrogens with one attached hydrogen (secondary N) is 2. The van der Waals surface area contributed by atoms with Crippen LogP contribution in [0, 0.1) is 5.82 Å². The van der Waals surface area contributed by atoms with E-state index in [9.17, 15) is 9.18 Å². The lowest BCUT2D eigenvalue weighted by Gasteiger charge is -2.31. The quantitative estimate of drug-likeness (QED) is 0.659. The van der Waals surface area contributed by atoms with E-state index in [1.165, 1.54) is 33.2 Å². The Bertz CT molecular complexity index is 939. The van der Waals surface area contributed by atoms with Crippen LogP contribution in [-0.4, -0.2) is 38.8 Å². The lowest BCUT2D eigenvalue weighted by Crippen LogP contribution is -3.15. The van der Waals surface area contributed by atoms with Gasteiger partial charge in [0.15, 0.2) is 0 Å². The molecule has 0 radical (unpaired) electrons. The molecule has 0 bridgehead atoms. The fourth-order valence-corrected chi connectivity index (χ4v) is 5.72. The summed E-state index contributed by atoms with van der Waals surface area (Å²) in [5, 5.41) is 6.19. The SMILES string of the molecule is O=C(NC[C@H](c1cccs1)[NH+]1CCOCC1)c1sc2cc(F)ccc2c1Cl. The lowest BCUT2D eigenvalue weighted by atomic mass is 10.2. The Morgan fingerprint density at radius 2 is 2.15 bits per heavy atom. The first-order valence-electron chi connectivity index (χ1n) is 8.75. The number of carbonyl (C=O) groups excluding carboxylic acids is 1. The molecule has 1 aliphatic heterocycles. The second kappa shape index (κ2) is 8.24. The molecule has 142 valence electrons. The highest BCUT2D eigenvalue weighted by Crippen LogP contribution is 2.35. The molecule has 1 aliphatic rings. The van der Waals surface area contributed by atoms with Crippen LogP contribution in [-0.2, 0) is 4.74 Å². The van der Waals surface area contributed by atoms with Crippen LogP contribution in [0.15, 0.2) is 35.7 Å². The van der Waals surface area contributed by atoms with Gasteiger partial charge < -0.3 is 15.0 Å². The largest absolute Gasteiger partial charge is 0.370 e. The van der Waals surface area contributed by atoms with Crippen molar-refractivity contribution in [2.75, 3.05) is 32.8 Å². The van der Waals surface area contributed by atoms with Crippen LogP contribution in [0.25, 0.3) is 10.1 Å². The number of benzene rings is 1. The molecule has 2 N–H and O–H groups in total. The number of ether oxygens (including phenoxy) is 1.